The van der Waals surface area contributed by atoms with E-state index < -0.39 is 0 Å². The van der Waals surface area contributed by atoms with Crippen molar-refractivity contribution in [3.63, 3.8) is 0 Å². The molecule has 18 heavy (non-hydrogen) atoms. The summed E-state index contributed by atoms with van der Waals surface area (Å²) in [5.41, 5.74) is 1.17. The minimum Gasteiger partial charge on any atom is -0.506 e. The molecule has 90 valence electrons. The van der Waals surface area contributed by atoms with E-state index in [0.29, 0.717) is 22.0 Å². The Hall–Kier alpha value is -2.15. The molecule has 0 fully saturated rings. The van der Waals surface area contributed by atoms with Gasteiger partial charge in [0.2, 0.25) is 0 Å². The Morgan fingerprint density at radius 2 is 2.17 bits per heavy atom. The molecule has 0 radical (unpaired) electrons. The van der Waals surface area contributed by atoms with Gasteiger partial charge >= 0.3 is 0 Å². The average Bonchev–Trinajstić information content (AvgIpc) is 2.84. The van der Waals surface area contributed by atoms with Crippen LogP contribution in [0.3, 0.4) is 0 Å². The fourth-order valence-electron chi connectivity index (χ4n) is 1.65. The summed E-state index contributed by atoms with van der Waals surface area (Å²) in [7, 11) is 0. The van der Waals surface area contributed by atoms with Crippen LogP contribution in [0.25, 0.3) is 16.9 Å². The number of phenolic OH excluding ortho intramolecular Hbond substituents is 1. The van der Waals surface area contributed by atoms with E-state index in [4.69, 9.17) is 0 Å². The van der Waals surface area contributed by atoms with Crippen LogP contribution in [-0.4, -0.2) is 36.3 Å². The van der Waals surface area contributed by atoms with Crippen molar-refractivity contribution in [1.29, 1.82) is 0 Å². The number of nitrogens with zero attached hydrogens (tertiary/aromatic N) is 5. The molecule has 0 aliphatic rings. The summed E-state index contributed by atoms with van der Waals surface area (Å²) in [4.78, 5) is 8.45. The van der Waals surface area contributed by atoms with Gasteiger partial charge in [-0.1, -0.05) is 23.0 Å². The van der Waals surface area contributed by atoms with Crippen molar-refractivity contribution in [1.82, 2.24) is 25.0 Å². The first kappa shape index (κ1) is 11.0. The Labute approximate surface area is 107 Å². The molecular weight excluding hydrogens is 250 g/mol. The molecule has 0 saturated heterocycles. The number of hydrogen-bond acceptors (Lipinski definition) is 6. The largest absolute Gasteiger partial charge is 0.506 e. The maximum Gasteiger partial charge on any atom is 0.189 e. The third-order valence-corrected chi connectivity index (χ3v) is 3.04. The van der Waals surface area contributed by atoms with Crippen molar-refractivity contribution in [2.75, 3.05) is 6.26 Å². The van der Waals surface area contributed by atoms with Gasteiger partial charge in [-0.25, -0.2) is 9.97 Å². The van der Waals surface area contributed by atoms with Gasteiger partial charge in [-0.15, -0.1) is 5.10 Å². The molecule has 0 saturated carbocycles. The zero-order valence-corrected chi connectivity index (χ0v) is 10.3. The molecule has 0 atom stereocenters. The third kappa shape index (κ3) is 1.68. The van der Waals surface area contributed by atoms with Crippen molar-refractivity contribution >= 4 is 22.8 Å². The summed E-state index contributed by atoms with van der Waals surface area (Å²) in [6.07, 6.45) is 3.58. The molecule has 0 spiro atoms. The van der Waals surface area contributed by atoms with Crippen LogP contribution >= 0.6 is 11.8 Å². The number of aromatic hydroxyl groups is 1. The molecule has 2 aromatic heterocycles. The highest BCUT2D eigenvalue weighted by molar-refractivity contribution is 7.98. The quantitative estimate of drug-likeness (QED) is 0.557. The van der Waals surface area contributed by atoms with Crippen LogP contribution in [0.4, 0.5) is 0 Å². The molecule has 1 aromatic carbocycles. The number of fused-ring (bicyclic) bond motifs is 1. The Morgan fingerprint density at radius 1 is 1.28 bits per heavy atom. The van der Waals surface area contributed by atoms with Crippen molar-refractivity contribution in [2.24, 2.45) is 0 Å². The number of phenols is 1. The van der Waals surface area contributed by atoms with Gasteiger partial charge in [0.05, 0.1) is 0 Å². The molecule has 2 heterocycles. The molecule has 6 nitrogen and oxygen atoms in total. The summed E-state index contributed by atoms with van der Waals surface area (Å²) in [6, 6.07) is 6.90. The van der Waals surface area contributed by atoms with Gasteiger partial charge < -0.3 is 5.11 Å². The zero-order chi connectivity index (χ0) is 12.5. The second-order valence-corrected chi connectivity index (χ2v) is 4.32. The first-order valence-electron chi connectivity index (χ1n) is 5.20. The van der Waals surface area contributed by atoms with Crippen LogP contribution in [0.1, 0.15) is 0 Å². The third-order valence-electron chi connectivity index (χ3n) is 2.47. The normalized spacial score (nSPS) is 10.9. The Balaban J connectivity index is 2.22. The first-order valence-corrected chi connectivity index (χ1v) is 6.43. The Kier molecular flexibility index (Phi) is 2.60. The molecule has 1 N–H and O–H groups in total. The SMILES string of the molecule is CSc1nccc(-n2nnc3c(O)cccc32)n1. The Morgan fingerprint density at radius 3 is 3.00 bits per heavy atom. The van der Waals surface area contributed by atoms with Crippen molar-refractivity contribution < 1.29 is 5.11 Å². The van der Waals surface area contributed by atoms with E-state index in [-0.39, 0.29) is 5.75 Å². The lowest BCUT2D eigenvalue weighted by Gasteiger charge is -2.02. The lowest BCUT2D eigenvalue weighted by Crippen LogP contribution is -2.01. The van der Waals surface area contributed by atoms with Crippen molar-refractivity contribution in [2.45, 2.75) is 5.16 Å². The Bertz CT molecular complexity index is 711. The van der Waals surface area contributed by atoms with Crippen molar-refractivity contribution in [3.05, 3.63) is 30.5 Å². The number of thioether (sulfide) groups is 1. The summed E-state index contributed by atoms with van der Waals surface area (Å²) < 4.78 is 1.58. The zero-order valence-electron chi connectivity index (χ0n) is 9.48. The van der Waals surface area contributed by atoms with Gasteiger partial charge in [-0.3, -0.25) is 0 Å². The summed E-state index contributed by atoms with van der Waals surface area (Å²) in [5, 5.41) is 18.3. The average molecular weight is 259 g/mol. The van der Waals surface area contributed by atoms with E-state index in [2.05, 4.69) is 20.3 Å². The molecule has 7 heteroatoms. The molecule has 3 aromatic rings. The van der Waals surface area contributed by atoms with Crippen LogP contribution in [0, 0.1) is 0 Å². The van der Waals surface area contributed by atoms with Gasteiger partial charge in [0, 0.05) is 12.3 Å². The fraction of sp³-hybridized carbons (Fsp3) is 0.0909. The minimum absolute atomic E-state index is 0.109. The van der Waals surface area contributed by atoms with Crippen molar-refractivity contribution in [3.8, 4) is 11.6 Å². The first-order chi connectivity index (χ1) is 8.79. The lowest BCUT2D eigenvalue weighted by atomic mass is 10.3. The van der Waals surface area contributed by atoms with Crippen LogP contribution in [0.15, 0.2) is 35.6 Å². The number of benzene rings is 1. The van der Waals surface area contributed by atoms with E-state index in [1.54, 1.807) is 29.1 Å². The van der Waals surface area contributed by atoms with Crippen LogP contribution in [0.2, 0.25) is 0 Å². The fourth-order valence-corrected chi connectivity index (χ4v) is 2.00. The maximum atomic E-state index is 9.68. The summed E-state index contributed by atoms with van der Waals surface area (Å²) >= 11 is 1.46. The lowest BCUT2D eigenvalue weighted by molar-refractivity contribution is 0.480. The topological polar surface area (TPSA) is 76.7 Å². The number of hydrogen-bond donors (Lipinski definition) is 1. The monoisotopic (exact) mass is 259 g/mol. The molecule has 0 aliphatic heterocycles. The minimum atomic E-state index is 0.109. The van der Waals surface area contributed by atoms with Gasteiger partial charge in [0.15, 0.2) is 16.5 Å². The predicted octanol–water partition coefficient (Wildman–Crippen LogP) is 1.64. The molecular formula is C11H9N5OS. The standard InChI is InChI=1S/C11H9N5OS/c1-18-11-12-6-5-9(13-11)16-7-3-2-4-8(17)10(7)14-15-16/h2-6,17H,1H3. The van der Waals surface area contributed by atoms with Gasteiger partial charge in [-0.2, -0.15) is 4.68 Å². The molecule has 0 unspecified atom stereocenters. The van der Waals surface area contributed by atoms with Crippen LogP contribution in [0.5, 0.6) is 5.75 Å². The highest BCUT2D eigenvalue weighted by Gasteiger charge is 2.10. The summed E-state index contributed by atoms with van der Waals surface area (Å²) in [6.45, 7) is 0. The van der Waals surface area contributed by atoms with Gasteiger partial charge in [0.25, 0.3) is 0 Å². The van der Waals surface area contributed by atoms with E-state index in [9.17, 15) is 5.11 Å². The number of rotatable bonds is 2. The molecule has 0 bridgehead atoms. The highest BCUT2D eigenvalue weighted by Crippen LogP contribution is 2.23. The van der Waals surface area contributed by atoms with E-state index >= 15 is 0 Å². The van der Waals surface area contributed by atoms with E-state index in [1.165, 1.54) is 11.8 Å². The second kappa shape index (κ2) is 4.26. The van der Waals surface area contributed by atoms with Crippen LogP contribution in [-0.2, 0) is 0 Å². The second-order valence-electron chi connectivity index (χ2n) is 3.55. The van der Waals surface area contributed by atoms with Gasteiger partial charge in [0.1, 0.15) is 11.3 Å². The smallest absolute Gasteiger partial charge is 0.189 e. The van der Waals surface area contributed by atoms with E-state index in [1.807, 2.05) is 12.3 Å². The van der Waals surface area contributed by atoms with Crippen LogP contribution < -0.4 is 0 Å². The van der Waals surface area contributed by atoms with Gasteiger partial charge in [-0.05, 0) is 18.4 Å². The van der Waals surface area contributed by atoms with E-state index in [0.717, 1.165) is 0 Å². The maximum absolute atomic E-state index is 9.68. The molecule has 0 aliphatic carbocycles. The number of aromatic nitrogens is 5. The predicted molar refractivity (Wildman–Crippen MR) is 67.9 cm³/mol. The highest BCUT2D eigenvalue weighted by atomic mass is 32.2. The molecule has 3 rings (SSSR count). The molecule has 0 amide bonds. The summed E-state index contributed by atoms with van der Waals surface area (Å²) in [5.74, 6) is 0.736.